The third-order valence-corrected chi connectivity index (χ3v) is 5.24. The number of amides is 1. The second kappa shape index (κ2) is 8.98. The molecule has 7 heteroatoms. The number of aromatic nitrogens is 2. The fourth-order valence-corrected chi connectivity index (χ4v) is 3.75. The maximum atomic E-state index is 12.9. The minimum Gasteiger partial charge on any atom is -0.494 e. The quantitative estimate of drug-likeness (QED) is 0.669. The average Bonchev–Trinajstić information content (AvgIpc) is 2.79. The molecule has 1 aliphatic rings. The molecule has 0 aliphatic carbocycles. The van der Waals surface area contributed by atoms with E-state index in [0.717, 1.165) is 41.9 Å². The fourth-order valence-electron chi connectivity index (χ4n) is 3.75. The smallest absolute Gasteiger partial charge is 0.257 e. The lowest BCUT2D eigenvalue weighted by atomic mass is 9.97. The molecule has 1 aliphatic heterocycles. The van der Waals surface area contributed by atoms with Gasteiger partial charge >= 0.3 is 0 Å². The molecule has 2 heterocycles. The van der Waals surface area contributed by atoms with Gasteiger partial charge in [-0.1, -0.05) is 12.1 Å². The number of nitrogens with one attached hydrogen (secondary N) is 1. The monoisotopic (exact) mass is 406 g/mol. The van der Waals surface area contributed by atoms with Crippen LogP contribution in [0.1, 0.15) is 19.8 Å². The van der Waals surface area contributed by atoms with E-state index in [0.29, 0.717) is 24.8 Å². The van der Waals surface area contributed by atoms with Crippen LogP contribution in [0.4, 0.5) is 11.5 Å². The van der Waals surface area contributed by atoms with Gasteiger partial charge in [-0.15, -0.1) is 0 Å². The van der Waals surface area contributed by atoms with Crippen LogP contribution in [0, 0.1) is 5.92 Å². The van der Waals surface area contributed by atoms with Gasteiger partial charge in [-0.05, 0) is 56.2 Å². The highest BCUT2D eigenvalue weighted by Gasteiger charge is 2.29. The average molecular weight is 406 g/mol. The highest BCUT2D eigenvalue weighted by atomic mass is 16.5. The Labute approximate surface area is 176 Å². The number of benzene rings is 2. The summed E-state index contributed by atoms with van der Waals surface area (Å²) in [6.45, 7) is 3.95. The molecule has 2 aromatic carbocycles. The van der Waals surface area contributed by atoms with E-state index in [9.17, 15) is 4.79 Å². The van der Waals surface area contributed by atoms with Gasteiger partial charge < -0.3 is 19.7 Å². The molecule has 1 atom stereocenters. The van der Waals surface area contributed by atoms with Gasteiger partial charge in [0.25, 0.3) is 5.88 Å². The number of ether oxygens (including phenoxy) is 2. The standard InChI is InChI=1S/C23H26N4O3/c1-3-30-18-12-10-17(11-13-18)24-22(28)16-7-6-14-27(15-16)21-23(29-2)26-20-9-5-4-8-19(20)25-21/h4-5,8-13,16H,3,6-7,14-15H2,1-2H3,(H,24,28)/t16-/m0/s1. The highest BCUT2D eigenvalue weighted by Crippen LogP contribution is 2.30. The van der Waals surface area contributed by atoms with Crippen LogP contribution in [0.5, 0.6) is 11.6 Å². The number of hydrogen-bond donors (Lipinski definition) is 1. The van der Waals surface area contributed by atoms with Crippen LogP contribution in [0.25, 0.3) is 11.0 Å². The zero-order chi connectivity index (χ0) is 20.9. The number of nitrogens with zero attached hydrogens (tertiary/aromatic N) is 3. The van der Waals surface area contributed by atoms with E-state index in [1.54, 1.807) is 7.11 Å². The van der Waals surface area contributed by atoms with Crippen molar-refractivity contribution in [1.82, 2.24) is 9.97 Å². The Bertz CT molecular complexity index is 1020. The van der Waals surface area contributed by atoms with Crippen LogP contribution < -0.4 is 19.7 Å². The number of methoxy groups -OCH3 is 1. The minimum absolute atomic E-state index is 0.0107. The van der Waals surface area contributed by atoms with E-state index in [-0.39, 0.29) is 11.8 Å². The number of para-hydroxylation sites is 2. The van der Waals surface area contributed by atoms with Crippen molar-refractivity contribution in [3.8, 4) is 11.6 Å². The molecule has 1 fully saturated rings. The molecule has 1 aromatic heterocycles. The third-order valence-electron chi connectivity index (χ3n) is 5.24. The zero-order valence-corrected chi connectivity index (χ0v) is 17.3. The lowest BCUT2D eigenvalue weighted by molar-refractivity contribution is -0.120. The van der Waals surface area contributed by atoms with Crippen molar-refractivity contribution in [3.63, 3.8) is 0 Å². The van der Waals surface area contributed by atoms with Crippen LogP contribution >= 0.6 is 0 Å². The van der Waals surface area contributed by atoms with E-state index in [2.05, 4.69) is 15.2 Å². The van der Waals surface area contributed by atoms with Crippen molar-refractivity contribution in [2.45, 2.75) is 19.8 Å². The summed E-state index contributed by atoms with van der Waals surface area (Å²) < 4.78 is 11.0. The van der Waals surface area contributed by atoms with Crippen molar-refractivity contribution in [2.24, 2.45) is 5.92 Å². The summed E-state index contributed by atoms with van der Waals surface area (Å²) in [5.74, 6) is 1.84. The molecule has 7 nitrogen and oxygen atoms in total. The first-order valence-electron chi connectivity index (χ1n) is 10.3. The van der Waals surface area contributed by atoms with Crippen LogP contribution in [-0.4, -0.2) is 42.7 Å². The second-order valence-corrected chi connectivity index (χ2v) is 7.28. The summed E-state index contributed by atoms with van der Waals surface area (Å²) in [5, 5.41) is 3.02. The van der Waals surface area contributed by atoms with Gasteiger partial charge in [-0.25, -0.2) is 9.97 Å². The Morgan fingerprint density at radius 3 is 2.57 bits per heavy atom. The van der Waals surface area contributed by atoms with Crippen LogP contribution in [0.2, 0.25) is 0 Å². The SMILES string of the molecule is CCOc1ccc(NC(=O)[C@H]2CCCN(c3nc4ccccc4nc3OC)C2)cc1. The van der Waals surface area contributed by atoms with Crippen molar-refractivity contribution in [1.29, 1.82) is 0 Å². The summed E-state index contributed by atoms with van der Waals surface area (Å²) in [4.78, 5) is 24.3. The highest BCUT2D eigenvalue weighted by molar-refractivity contribution is 5.93. The first-order valence-corrected chi connectivity index (χ1v) is 10.3. The molecule has 30 heavy (non-hydrogen) atoms. The van der Waals surface area contributed by atoms with Crippen molar-refractivity contribution >= 4 is 28.4 Å². The van der Waals surface area contributed by atoms with Gasteiger partial charge in [-0.2, -0.15) is 0 Å². The summed E-state index contributed by atoms with van der Waals surface area (Å²) in [7, 11) is 1.60. The molecule has 1 amide bonds. The minimum atomic E-state index is -0.136. The first kappa shape index (κ1) is 19.9. The predicted molar refractivity (Wildman–Crippen MR) is 117 cm³/mol. The van der Waals surface area contributed by atoms with Crippen molar-refractivity contribution in [3.05, 3.63) is 48.5 Å². The number of carbonyl (C=O) groups excluding carboxylic acids is 1. The molecule has 156 valence electrons. The molecule has 0 bridgehead atoms. The summed E-state index contributed by atoms with van der Waals surface area (Å²) in [6, 6.07) is 15.2. The molecule has 0 spiro atoms. The van der Waals surface area contributed by atoms with Gasteiger partial charge in [-0.3, -0.25) is 4.79 Å². The lowest BCUT2D eigenvalue weighted by Gasteiger charge is -2.33. The van der Waals surface area contributed by atoms with E-state index in [1.165, 1.54) is 0 Å². The number of anilines is 2. The molecule has 1 N–H and O–H groups in total. The van der Waals surface area contributed by atoms with E-state index >= 15 is 0 Å². The first-order chi connectivity index (χ1) is 14.7. The van der Waals surface area contributed by atoms with Crippen molar-refractivity contribution < 1.29 is 14.3 Å². The molecular formula is C23H26N4O3. The summed E-state index contributed by atoms with van der Waals surface area (Å²) in [6.07, 6.45) is 1.74. The van der Waals surface area contributed by atoms with Gasteiger partial charge in [0.15, 0.2) is 5.82 Å². The molecule has 3 aromatic rings. The Balaban J connectivity index is 1.49. The van der Waals surface area contributed by atoms with Crippen LogP contribution in [-0.2, 0) is 4.79 Å². The van der Waals surface area contributed by atoms with Gasteiger partial charge in [0.1, 0.15) is 5.75 Å². The third kappa shape index (κ3) is 4.30. The maximum Gasteiger partial charge on any atom is 0.257 e. The fraction of sp³-hybridized carbons (Fsp3) is 0.348. The number of carbonyl (C=O) groups is 1. The predicted octanol–water partition coefficient (Wildman–Crippen LogP) is 3.89. The Hall–Kier alpha value is -3.35. The largest absolute Gasteiger partial charge is 0.494 e. The normalized spacial score (nSPS) is 16.3. The lowest BCUT2D eigenvalue weighted by Crippen LogP contribution is -2.41. The van der Waals surface area contributed by atoms with E-state index in [1.807, 2.05) is 55.5 Å². The molecular weight excluding hydrogens is 380 g/mol. The summed E-state index contributed by atoms with van der Waals surface area (Å²) >= 11 is 0. The maximum absolute atomic E-state index is 12.9. The Kier molecular flexibility index (Phi) is 5.97. The van der Waals surface area contributed by atoms with Gasteiger partial charge in [0.05, 0.1) is 30.7 Å². The summed E-state index contributed by atoms with van der Waals surface area (Å²) in [5.41, 5.74) is 2.37. The van der Waals surface area contributed by atoms with E-state index in [4.69, 9.17) is 14.5 Å². The van der Waals surface area contributed by atoms with E-state index < -0.39 is 0 Å². The zero-order valence-electron chi connectivity index (χ0n) is 17.3. The van der Waals surface area contributed by atoms with Crippen LogP contribution in [0.15, 0.2) is 48.5 Å². The Morgan fingerprint density at radius 1 is 1.13 bits per heavy atom. The Morgan fingerprint density at radius 2 is 1.87 bits per heavy atom. The molecule has 0 radical (unpaired) electrons. The number of fused-ring (bicyclic) bond motifs is 1. The molecule has 4 rings (SSSR count). The molecule has 0 unspecified atom stereocenters. The topological polar surface area (TPSA) is 76.6 Å². The second-order valence-electron chi connectivity index (χ2n) is 7.28. The number of piperidine rings is 1. The van der Waals surface area contributed by atoms with Gasteiger partial charge in [0.2, 0.25) is 5.91 Å². The van der Waals surface area contributed by atoms with Gasteiger partial charge in [0, 0.05) is 18.8 Å². The van der Waals surface area contributed by atoms with Crippen LogP contribution in [0.3, 0.4) is 0 Å². The number of rotatable bonds is 6. The number of hydrogen-bond acceptors (Lipinski definition) is 6. The molecule has 0 saturated carbocycles. The molecule has 1 saturated heterocycles. The van der Waals surface area contributed by atoms with Crippen molar-refractivity contribution in [2.75, 3.05) is 37.0 Å².